The third-order valence-electron chi connectivity index (χ3n) is 2.92. The molecule has 1 aliphatic carbocycles. The normalized spacial score (nSPS) is 16.1. The highest BCUT2D eigenvalue weighted by Crippen LogP contribution is 2.26. The minimum Gasteiger partial charge on any atom is -0.496 e. The molecule has 1 saturated carbocycles. The van der Waals surface area contributed by atoms with Crippen molar-refractivity contribution in [1.29, 1.82) is 0 Å². The smallest absolute Gasteiger partial charge is 0.133 e. The largest absolute Gasteiger partial charge is 0.496 e. The summed E-state index contributed by atoms with van der Waals surface area (Å²) in [7, 11) is 1.69. The number of hydrogen-bond acceptors (Lipinski definition) is 2. The summed E-state index contributed by atoms with van der Waals surface area (Å²) in [6.45, 7) is 0.952. The molecule has 0 aliphatic heterocycles. The van der Waals surface area contributed by atoms with E-state index in [9.17, 15) is 0 Å². The molecule has 1 aromatic rings. The van der Waals surface area contributed by atoms with Crippen molar-refractivity contribution in [3.05, 3.63) is 28.2 Å². The van der Waals surface area contributed by atoms with Crippen LogP contribution in [0.1, 0.15) is 24.8 Å². The first-order chi connectivity index (χ1) is 7.29. The van der Waals surface area contributed by atoms with Crippen molar-refractivity contribution in [3.63, 3.8) is 0 Å². The molecule has 0 radical (unpaired) electrons. The maximum atomic E-state index is 5.19. The predicted molar refractivity (Wildman–Crippen MR) is 65.2 cm³/mol. The van der Waals surface area contributed by atoms with Crippen LogP contribution in [0.5, 0.6) is 5.75 Å². The summed E-state index contributed by atoms with van der Waals surface area (Å²) in [6, 6.07) is 6.97. The first-order valence-electron chi connectivity index (χ1n) is 5.35. The number of rotatable bonds is 4. The van der Waals surface area contributed by atoms with E-state index in [2.05, 4.69) is 33.4 Å². The third kappa shape index (κ3) is 2.73. The molecule has 0 heterocycles. The Labute approximate surface area is 99.1 Å². The van der Waals surface area contributed by atoms with E-state index in [0.717, 1.165) is 22.8 Å². The van der Waals surface area contributed by atoms with Crippen LogP contribution in [-0.4, -0.2) is 13.2 Å². The molecule has 1 aromatic carbocycles. The van der Waals surface area contributed by atoms with Gasteiger partial charge in [-0.05, 0) is 46.5 Å². The zero-order valence-electron chi connectivity index (χ0n) is 8.92. The fourth-order valence-corrected chi connectivity index (χ4v) is 2.28. The highest BCUT2D eigenvalue weighted by molar-refractivity contribution is 9.10. The minimum absolute atomic E-state index is 0.742. The Hall–Kier alpha value is -0.540. The Morgan fingerprint density at radius 3 is 2.80 bits per heavy atom. The van der Waals surface area contributed by atoms with Crippen LogP contribution < -0.4 is 10.1 Å². The van der Waals surface area contributed by atoms with Crippen molar-refractivity contribution >= 4 is 15.9 Å². The van der Waals surface area contributed by atoms with Crippen molar-refractivity contribution in [2.45, 2.75) is 31.8 Å². The van der Waals surface area contributed by atoms with Crippen molar-refractivity contribution in [1.82, 2.24) is 5.32 Å². The molecule has 0 amide bonds. The van der Waals surface area contributed by atoms with E-state index in [-0.39, 0.29) is 0 Å². The Bertz CT molecular complexity index is 336. The summed E-state index contributed by atoms with van der Waals surface area (Å²) in [5.41, 5.74) is 1.30. The fourth-order valence-electron chi connectivity index (χ4n) is 1.69. The number of halogens is 1. The Morgan fingerprint density at radius 1 is 1.47 bits per heavy atom. The highest BCUT2D eigenvalue weighted by atomic mass is 79.9. The monoisotopic (exact) mass is 269 g/mol. The molecule has 1 fully saturated rings. The van der Waals surface area contributed by atoms with Gasteiger partial charge >= 0.3 is 0 Å². The van der Waals surface area contributed by atoms with Gasteiger partial charge in [-0.1, -0.05) is 12.5 Å². The lowest BCUT2D eigenvalue weighted by molar-refractivity contribution is 0.338. The molecule has 2 rings (SSSR count). The zero-order valence-corrected chi connectivity index (χ0v) is 10.5. The molecule has 0 bridgehead atoms. The van der Waals surface area contributed by atoms with E-state index >= 15 is 0 Å². The van der Waals surface area contributed by atoms with E-state index in [1.807, 2.05) is 6.07 Å². The molecule has 3 heteroatoms. The number of methoxy groups -OCH3 is 1. The summed E-state index contributed by atoms with van der Waals surface area (Å²) in [5.74, 6) is 0.891. The van der Waals surface area contributed by atoms with Gasteiger partial charge in [-0.15, -0.1) is 0 Å². The van der Waals surface area contributed by atoms with Crippen molar-refractivity contribution < 1.29 is 4.74 Å². The fraction of sp³-hybridized carbons (Fsp3) is 0.500. The SMILES string of the molecule is COc1ccc(CNC2CCC2)cc1Br. The molecular formula is C12H16BrNO. The molecule has 2 nitrogen and oxygen atoms in total. The van der Waals surface area contributed by atoms with Gasteiger partial charge in [0, 0.05) is 12.6 Å². The molecule has 0 unspecified atom stereocenters. The third-order valence-corrected chi connectivity index (χ3v) is 3.54. The molecule has 0 aromatic heterocycles. The average Bonchev–Trinajstić information content (AvgIpc) is 2.16. The summed E-state index contributed by atoms with van der Waals surface area (Å²) in [4.78, 5) is 0. The summed E-state index contributed by atoms with van der Waals surface area (Å²) in [6.07, 6.45) is 4.04. The van der Waals surface area contributed by atoms with E-state index in [1.165, 1.54) is 24.8 Å². The van der Waals surface area contributed by atoms with Gasteiger partial charge < -0.3 is 10.1 Å². The predicted octanol–water partition coefficient (Wildman–Crippen LogP) is 3.10. The maximum Gasteiger partial charge on any atom is 0.133 e. The lowest BCUT2D eigenvalue weighted by Gasteiger charge is -2.26. The van der Waals surface area contributed by atoms with Crippen LogP contribution in [0.2, 0.25) is 0 Å². The average molecular weight is 270 g/mol. The second-order valence-electron chi connectivity index (χ2n) is 3.98. The molecular weight excluding hydrogens is 254 g/mol. The van der Waals surface area contributed by atoms with Crippen LogP contribution in [-0.2, 0) is 6.54 Å². The second kappa shape index (κ2) is 4.99. The topological polar surface area (TPSA) is 21.3 Å². The maximum absolute atomic E-state index is 5.19. The molecule has 0 spiro atoms. The van der Waals surface area contributed by atoms with Crippen molar-refractivity contribution in [2.24, 2.45) is 0 Å². The zero-order chi connectivity index (χ0) is 10.7. The van der Waals surface area contributed by atoms with E-state index < -0.39 is 0 Å². The summed E-state index contributed by atoms with van der Waals surface area (Å²) in [5, 5.41) is 3.54. The van der Waals surface area contributed by atoms with Crippen LogP contribution >= 0.6 is 15.9 Å². The molecule has 0 atom stereocenters. The van der Waals surface area contributed by atoms with Crippen LogP contribution in [0.4, 0.5) is 0 Å². The van der Waals surface area contributed by atoms with Gasteiger partial charge in [0.05, 0.1) is 11.6 Å². The van der Waals surface area contributed by atoms with Crippen molar-refractivity contribution in [3.8, 4) is 5.75 Å². The molecule has 1 aliphatic rings. The number of nitrogens with one attached hydrogen (secondary N) is 1. The van der Waals surface area contributed by atoms with Crippen molar-refractivity contribution in [2.75, 3.05) is 7.11 Å². The number of benzene rings is 1. The van der Waals surface area contributed by atoms with Crippen LogP contribution in [0.15, 0.2) is 22.7 Å². The Morgan fingerprint density at radius 2 is 2.27 bits per heavy atom. The van der Waals surface area contributed by atoms with Gasteiger partial charge in [-0.2, -0.15) is 0 Å². The van der Waals surface area contributed by atoms with Gasteiger partial charge in [0.2, 0.25) is 0 Å². The quantitative estimate of drug-likeness (QED) is 0.907. The van der Waals surface area contributed by atoms with Gasteiger partial charge in [0.1, 0.15) is 5.75 Å². The lowest BCUT2D eigenvalue weighted by Crippen LogP contribution is -2.34. The van der Waals surface area contributed by atoms with Gasteiger partial charge in [0.15, 0.2) is 0 Å². The van der Waals surface area contributed by atoms with E-state index in [0.29, 0.717) is 0 Å². The van der Waals surface area contributed by atoms with Gasteiger partial charge in [-0.3, -0.25) is 0 Å². The van der Waals surface area contributed by atoms with Gasteiger partial charge in [0.25, 0.3) is 0 Å². The van der Waals surface area contributed by atoms with Gasteiger partial charge in [-0.25, -0.2) is 0 Å². The van der Waals surface area contributed by atoms with E-state index in [1.54, 1.807) is 7.11 Å². The second-order valence-corrected chi connectivity index (χ2v) is 4.83. The first-order valence-corrected chi connectivity index (χ1v) is 6.14. The minimum atomic E-state index is 0.742. The Kier molecular flexibility index (Phi) is 3.65. The lowest BCUT2D eigenvalue weighted by atomic mass is 9.93. The number of ether oxygens (including phenoxy) is 1. The first kappa shape index (κ1) is 11.0. The summed E-state index contributed by atoms with van der Waals surface area (Å²) < 4.78 is 6.22. The molecule has 15 heavy (non-hydrogen) atoms. The number of hydrogen-bond donors (Lipinski definition) is 1. The molecule has 82 valence electrons. The van der Waals surface area contributed by atoms with Crippen LogP contribution in [0.25, 0.3) is 0 Å². The summed E-state index contributed by atoms with van der Waals surface area (Å²) >= 11 is 3.49. The van der Waals surface area contributed by atoms with Crippen LogP contribution in [0.3, 0.4) is 0 Å². The Balaban J connectivity index is 1.93. The highest BCUT2D eigenvalue weighted by Gasteiger charge is 2.16. The standard InChI is InChI=1S/C12H16BrNO/c1-15-12-6-5-9(7-11(12)13)8-14-10-3-2-4-10/h5-7,10,14H,2-4,8H2,1H3. The molecule has 0 saturated heterocycles. The van der Waals surface area contributed by atoms with Crippen LogP contribution in [0, 0.1) is 0 Å². The van der Waals surface area contributed by atoms with E-state index in [4.69, 9.17) is 4.74 Å². The molecule has 1 N–H and O–H groups in total.